The first-order valence-electron chi connectivity index (χ1n) is 8.04. The van der Waals surface area contributed by atoms with E-state index in [-0.39, 0.29) is 29.6 Å². The van der Waals surface area contributed by atoms with Crippen LogP contribution < -0.4 is 4.72 Å². The van der Waals surface area contributed by atoms with E-state index in [1.807, 2.05) is 27.7 Å². The van der Waals surface area contributed by atoms with Crippen molar-refractivity contribution >= 4 is 25.3 Å². The molecule has 0 aliphatic carbocycles. The molecule has 0 saturated carbocycles. The molecule has 23 heavy (non-hydrogen) atoms. The third-order valence-corrected chi connectivity index (χ3v) is 10.5. The van der Waals surface area contributed by atoms with Crippen molar-refractivity contribution in [1.82, 2.24) is 4.72 Å². The molecule has 0 amide bonds. The minimum absolute atomic E-state index is 0.0697. The number of esters is 1. The summed E-state index contributed by atoms with van der Waals surface area (Å²) in [6.45, 7) is 18.5. The summed E-state index contributed by atoms with van der Waals surface area (Å²) in [6, 6.07) is -0.350. The highest BCUT2D eigenvalue weighted by Crippen LogP contribution is 2.37. The molecule has 0 aromatic carbocycles. The maximum atomic E-state index is 12.4. The Labute approximate surface area is 145 Å². The maximum absolute atomic E-state index is 12.4. The second-order valence-electron chi connectivity index (χ2n) is 8.47. The fraction of sp³-hybridized carbons (Fsp3) is 0.938. The van der Waals surface area contributed by atoms with Crippen LogP contribution in [0, 0.1) is 0 Å². The highest BCUT2D eigenvalue weighted by atomic mass is 32.2. The van der Waals surface area contributed by atoms with Crippen molar-refractivity contribution in [3.63, 3.8) is 0 Å². The van der Waals surface area contributed by atoms with E-state index in [0.717, 1.165) is 0 Å². The maximum Gasteiger partial charge on any atom is 0.307 e. The molecule has 0 aliphatic rings. The molecule has 7 heteroatoms. The van der Waals surface area contributed by atoms with Gasteiger partial charge in [0, 0.05) is 0 Å². The highest BCUT2D eigenvalue weighted by molar-refractivity contribution is 7.84. The van der Waals surface area contributed by atoms with Crippen molar-refractivity contribution in [1.29, 1.82) is 0 Å². The zero-order valence-electron chi connectivity index (χ0n) is 16.4. The van der Waals surface area contributed by atoms with Gasteiger partial charge < -0.3 is 9.16 Å². The molecule has 0 aromatic heterocycles. The average molecular weight is 366 g/mol. The van der Waals surface area contributed by atoms with Gasteiger partial charge in [0.15, 0.2) is 8.32 Å². The second-order valence-corrected chi connectivity index (χ2v) is 15.2. The van der Waals surface area contributed by atoms with Gasteiger partial charge in [0.25, 0.3) is 0 Å². The van der Waals surface area contributed by atoms with Crippen LogP contribution in [0.25, 0.3) is 0 Å². The SMILES string of the molecule is COC(=O)C[C@@H](N[S@](=O)C(C)(C)C)[C@H](C)O[Si](C)(C)C(C)(C)C. The first kappa shape index (κ1) is 22.8. The van der Waals surface area contributed by atoms with Gasteiger partial charge >= 0.3 is 5.97 Å². The van der Waals surface area contributed by atoms with Crippen LogP contribution in [0.15, 0.2) is 0 Å². The van der Waals surface area contributed by atoms with E-state index in [0.29, 0.717) is 0 Å². The van der Waals surface area contributed by atoms with E-state index >= 15 is 0 Å². The lowest BCUT2D eigenvalue weighted by molar-refractivity contribution is -0.141. The molecule has 0 heterocycles. The summed E-state index contributed by atoms with van der Waals surface area (Å²) in [5.41, 5.74) is 0. The third kappa shape index (κ3) is 7.45. The lowest BCUT2D eigenvalue weighted by Gasteiger charge is -2.40. The first-order chi connectivity index (χ1) is 10.1. The lowest BCUT2D eigenvalue weighted by atomic mass is 10.1. The van der Waals surface area contributed by atoms with Crippen molar-refractivity contribution in [2.75, 3.05) is 7.11 Å². The molecule has 3 atom stereocenters. The average Bonchev–Trinajstić information content (AvgIpc) is 2.34. The molecule has 0 rings (SSSR count). The molecular formula is C16H35NO4SSi. The van der Waals surface area contributed by atoms with Crippen molar-refractivity contribution in [2.45, 2.75) is 89.9 Å². The van der Waals surface area contributed by atoms with Gasteiger partial charge in [0.1, 0.15) is 0 Å². The Balaban J connectivity index is 5.20. The number of hydrogen-bond acceptors (Lipinski definition) is 4. The molecule has 0 bridgehead atoms. The van der Waals surface area contributed by atoms with Gasteiger partial charge in [-0.25, -0.2) is 8.93 Å². The monoisotopic (exact) mass is 365 g/mol. The topological polar surface area (TPSA) is 64.6 Å². The zero-order chi connectivity index (χ0) is 18.6. The molecule has 138 valence electrons. The zero-order valence-corrected chi connectivity index (χ0v) is 18.2. The van der Waals surface area contributed by atoms with Gasteiger partial charge in [-0.2, -0.15) is 0 Å². The number of nitrogens with one attached hydrogen (secondary N) is 1. The molecule has 0 spiro atoms. The molecular weight excluding hydrogens is 330 g/mol. The van der Waals surface area contributed by atoms with Crippen molar-refractivity contribution in [2.24, 2.45) is 0 Å². The van der Waals surface area contributed by atoms with Crippen LogP contribution in [0.1, 0.15) is 54.9 Å². The Hall–Kier alpha value is -0.243. The molecule has 1 N–H and O–H groups in total. The predicted molar refractivity (Wildman–Crippen MR) is 99.2 cm³/mol. The van der Waals surface area contributed by atoms with Crippen LogP contribution in [-0.2, 0) is 24.9 Å². The number of methoxy groups -OCH3 is 1. The van der Waals surface area contributed by atoms with Crippen molar-refractivity contribution in [3.05, 3.63) is 0 Å². The quantitative estimate of drug-likeness (QED) is 0.555. The summed E-state index contributed by atoms with van der Waals surface area (Å²) >= 11 is 0. The van der Waals surface area contributed by atoms with Crippen LogP contribution in [0.5, 0.6) is 0 Å². The van der Waals surface area contributed by atoms with E-state index in [1.54, 1.807) is 0 Å². The molecule has 0 saturated heterocycles. The van der Waals surface area contributed by atoms with Gasteiger partial charge in [-0.1, -0.05) is 20.8 Å². The highest BCUT2D eigenvalue weighted by Gasteiger charge is 2.40. The van der Waals surface area contributed by atoms with Gasteiger partial charge in [-0.3, -0.25) is 4.79 Å². The van der Waals surface area contributed by atoms with Crippen molar-refractivity contribution < 1.29 is 18.2 Å². The number of carbonyl (C=O) groups excluding carboxylic acids is 1. The molecule has 5 nitrogen and oxygen atoms in total. The summed E-state index contributed by atoms with van der Waals surface area (Å²) in [5.74, 6) is -0.334. The largest absolute Gasteiger partial charge is 0.469 e. The van der Waals surface area contributed by atoms with E-state index in [1.165, 1.54) is 7.11 Å². The Morgan fingerprint density at radius 1 is 1.17 bits per heavy atom. The number of rotatable bonds is 7. The Morgan fingerprint density at radius 2 is 1.65 bits per heavy atom. The van der Waals surface area contributed by atoms with Gasteiger partial charge in [-0.05, 0) is 45.8 Å². The Morgan fingerprint density at radius 3 is 2.00 bits per heavy atom. The molecule has 0 aromatic rings. The fourth-order valence-corrected chi connectivity index (χ4v) is 3.96. The summed E-state index contributed by atoms with van der Waals surface area (Å²) < 4.78 is 26.2. The minimum atomic E-state index is -1.98. The van der Waals surface area contributed by atoms with Gasteiger partial charge in [-0.15, -0.1) is 0 Å². The summed E-state index contributed by atoms with van der Waals surface area (Å²) in [5, 5.41) is 0.0697. The van der Waals surface area contributed by atoms with Crippen LogP contribution >= 0.6 is 0 Å². The summed E-state index contributed by atoms with van der Waals surface area (Å²) in [6.07, 6.45) is -0.102. The molecule has 0 fully saturated rings. The lowest BCUT2D eigenvalue weighted by Crippen LogP contribution is -2.52. The molecule has 0 aliphatic heterocycles. The second kappa shape index (κ2) is 8.23. The van der Waals surface area contributed by atoms with Gasteiger partial charge in [0.2, 0.25) is 0 Å². The number of carbonyl (C=O) groups is 1. The minimum Gasteiger partial charge on any atom is -0.469 e. The van der Waals surface area contributed by atoms with Gasteiger partial charge in [0.05, 0.1) is 41.4 Å². The number of ether oxygens (including phenoxy) is 1. The number of hydrogen-bond donors (Lipinski definition) is 1. The van der Waals surface area contributed by atoms with Crippen LogP contribution in [-0.4, -0.2) is 42.5 Å². The van der Waals surface area contributed by atoms with E-state index in [4.69, 9.17) is 9.16 Å². The van der Waals surface area contributed by atoms with E-state index in [2.05, 4.69) is 38.6 Å². The third-order valence-electron chi connectivity index (χ3n) is 4.28. The summed E-state index contributed by atoms with van der Waals surface area (Å²) in [4.78, 5) is 11.7. The fourth-order valence-electron chi connectivity index (χ4n) is 1.60. The van der Waals surface area contributed by atoms with Crippen LogP contribution in [0.2, 0.25) is 18.1 Å². The van der Waals surface area contributed by atoms with Crippen LogP contribution in [0.4, 0.5) is 0 Å². The first-order valence-corrected chi connectivity index (χ1v) is 12.1. The molecule has 0 unspecified atom stereocenters. The van der Waals surface area contributed by atoms with Crippen molar-refractivity contribution in [3.8, 4) is 0 Å². The smallest absolute Gasteiger partial charge is 0.307 e. The van der Waals surface area contributed by atoms with E-state index < -0.39 is 24.1 Å². The summed E-state index contributed by atoms with van der Waals surface area (Å²) in [7, 11) is -1.90. The molecule has 0 radical (unpaired) electrons. The van der Waals surface area contributed by atoms with E-state index in [9.17, 15) is 9.00 Å². The Bertz CT molecular complexity index is 427. The van der Waals surface area contributed by atoms with Crippen LogP contribution in [0.3, 0.4) is 0 Å². The Kier molecular flexibility index (Phi) is 8.14. The standard InChI is InChI=1S/C16H35NO4SSi/c1-12(21-23(9,10)16(5,6)7)13(11-14(18)20-8)17-22(19)15(2,3)4/h12-13,17H,11H2,1-10H3/t12-,13+,22+/m0/s1. The normalized spacial score (nSPS) is 17.5. The predicted octanol–water partition coefficient (Wildman–Crippen LogP) is 3.38.